The van der Waals surface area contributed by atoms with Crippen molar-refractivity contribution in [1.82, 2.24) is 9.78 Å². The summed E-state index contributed by atoms with van der Waals surface area (Å²) < 4.78 is 13.2. The van der Waals surface area contributed by atoms with Gasteiger partial charge in [0.2, 0.25) is 0 Å². The van der Waals surface area contributed by atoms with Crippen LogP contribution in [0.25, 0.3) is 27.4 Å². The SMILES string of the molecule is NC(=O)c1nn(-c2cccc(S(N)=O)c2)c2c1ccc1ccc(N)cc12. The molecule has 1 amide bonds. The van der Waals surface area contributed by atoms with Gasteiger partial charge in [-0.15, -0.1) is 0 Å². The Balaban J connectivity index is 2.14. The average molecular weight is 365 g/mol. The Morgan fingerprint density at radius 1 is 1.04 bits per heavy atom. The van der Waals surface area contributed by atoms with Gasteiger partial charge in [0.25, 0.3) is 5.91 Å². The summed E-state index contributed by atoms with van der Waals surface area (Å²) in [4.78, 5) is 12.3. The van der Waals surface area contributed by atoms with E-state index >= 15 is 0 Å². The van der Waals surface area contributed by atoms with E-state index in [0.29, 0.717) is 27.2 Å². The van der Waals surface area contributed by atoms with E-state index in [9.17, 15) is 9.00 Å². The summed E-state index contributed by atoms with van der Waals surface area (Å²) in [6, 6.07) is 16.1. The van der Waals surface area contributed by atoms with E-state index in [1.807, 2.05) is 30.3 Å². The molecule has 0 saturated heterocycles. The average Bonchev–Trinajstić information content (AvgIpc) is 3.02. The van der Waals surface area contributed by atoms with E-state index in [1.54, 1.807) is 28.9 Å². The van der Waals surface area contributed by atoms with Crippen molar-refractivity contribution in [3.05, 3.63) is 60.3 Å². The van der Waals surface area contributed by atoms with Crippen LogP contribution in [0.2, 0.25) is 0 Å². The number of aromatic nitrogens is 2. The highest BCUT2D eigenvalue weighted by molar-refractivity contribution is 7.82. The monoisotopic (exact) mass is 365 g/mol. The van der Waals surface area contributed by atoms with Gasteiger partial charge in [-0.3, -0.25) is 4.79 Å². The van der Waals surface area contributed by atoms with Gasteiger partial charge in [-0.2, -0.15) is 5.10 Å². The van der Waals surface area contributed by atoms with Crippen LogP contribution in [-0.2, 0) is 11.0 Å². The summed E-state index contributed by atoms with van der Waals surface area (Å²) in [6.45, 7) is 0. The number of hydrogen-bond acceptors (Lipinski definition) is 4. The number of amides is 1. The summed E-state index contributed by atoms with van der Waals surface area (Å²) in [5.74, 6) is -0.629. The van der Waals surface area contributed by atoms with Crippen molar-refractivity contribution in [3.8, 4) is 5.69 Å². The summed E-state index contributed by atoms with van der Waals surface area (Å²) in [5.41, 5.74) is 13.5. The number of hydrogen-bond donors (Lipinski definition) is 3. The summed E-state index contributed by atoms with van der Waals surface area (Å²) in [7, 11) is -1.63. The van der Waals surface area contributed by atoms with Gasteiger partial charge >= 0.3 is 0 Å². The first kappa shape index (κ1) is 16.2. The number of nitrogens with zero attached hydrogens (tertiary/aromatic N) is 2. The quantitative estimate of drug-likeness (QED) is 0.478. The molecule has 0 spiro atoms. The maximum Gasteiger partial charge on any atom is 0.269 e. The Morgan fingerprint density at radius 3 is 2.54 bits per heavy atom. The number of carbonyl (C=O) groups is 1. The van der Waals surface area contributed by atoms with Crippen LogP contribution in [0.15, 0.2) is 59.5 Å². The molecule has 0 aliphatic carbocycles. The van der Waals surface area contributed by atoms with E-state index < -0.39 is 16.9 Å². The molecule has 130 valence electrons. The van der Waals surface area contributed by atoms with Gasteiger partial charge < -0.3 is 11.5 Å². The largest absolute Gasteiger partial charge is 0.399 e. The Bertz CT molecular complexity index is 1220. The summed E-state index contributed by atoms with van der Waals surface area (Å²) in [6.07, 6.45) is 0. The molecule has 1 aromatic heterocycles. The normalized spacial score (nSPS) is 12.5. The molecule has 6 N–H and O–H groups in total. The maximum absolute atomic E-state index is 11.9. The minimum Gasteiger partial charge on any atom is -0.399 e. The molecule has 1 unspecified atom stereocenters. The zero-order valence-corrected chi connectivity index (χ0v) is 14.4. The first-order valence-corrected chi connectivity index (χ1v) is 8.94. The molecule has 0 fully saturated rings. The van der Waals surface area contributed by atoms with Gasteiger partial charge in [0.1, 0.15) is 11.0 Å². The number of anilines is 1. The molecule has 4 rings (SSSR count). The molecular weight excluding hydrogens is 350 g/mol. The third-order valence-corrected chi connectivity index (χ3v) is 4.93. The zero-order valence-electron chi connectivity index (χ0n) is 13.5. The van der Waals surface area contributed by atoms with Crippen LogP contribution < -0.4 is 16.6 Å². The minimum absolute atomic E-state index is 0.156. The lowest BCUT2D eigenvalue weighted by molar-refractivity contribution is 0.0996. The Morgan fingerprint density at radius 2 is 1.81 bits per heavy atom. The summed E-state index contributed by atoms with van der Waals surface area (Å²) in [5, 5.41) is 12.3. The van der Waals surface area contributed by atoms with Crippen molar-refractivity contribution < 1.29 is 9.00 Å². The second-order valence-electron chi connectivity index (χ2n) is 5.86. The fourth-order valence-corrected chi connectivity index (χ4v) is 3.50. The number of fused-ring (bicyclic) bond motifs is 3. The number of rotatable bonds is 3. The number of nitrogen functional groups attached to an aromatic ring is 1. The second kappa shape index (κ2) is 5.94. The molecular formula is C18H15N5O2S. The molecule has 0 saturated carbocycles. The van der Waals surface area contributed by atoms with Gasteiger partial charge in [0.15, 0.2) is 5.69 Å². The van der Waals surface area contributed by atoms with Gasteiger partial charge in [-0.1, -0.05) is 18.2 Å². The highest BCUT2D eigenvalue weighted by Crippen LogP contribution is 2.31. The number of carbonyl (C=O) groups excluding carboxylic acids is 1. The number of benzene rings is 3. The summed E-state index contributed by atoms with van der Waals surface area (Å²) >= 11 is 0. The van der Waals surface area contributed by atoms with Crippen LogP contribution >= 0.6 is 0 Å². The van der Waals surface area contributed by atoms with E-state index in [-0.39, 0.29) is 5.69 Å². The lowest BCUT2D eigenvalue weighted by Crippen LogP contribution is -2.12. The first-order chi connectivity index (χ1) is 12.5. The van der Waals surface area contributed by atoms with Gasteiger partial charge in [-0.25, -0.2) is 14.0 Å². The Hall–Kier alpha value is -3.23. The fourth-order valence-electron chi connectivity index (χ4n) is 3.05. The molecule has 4 aromatic rings. The highest BCUT2D eigenvalue weighted by Gasteiger charge is 2.18. The standard InChI is InChI=1S/C18H15N5O2S/c19-11-6-4-10-5-7-14-16(18(20)24)22-23(17(14)15(10)8-11)12-2-1-3-13(9-12)26(21)25/h1-9H,19,21H2,(H2,20,24). The lowest BCUT2D eigenvalue weighted by atomic mass is 10.0. The van der Waals surface area contributed by atoms with Crippen molar-refractivity contribution >= 4 is 44.3 Å². The third-order valence-electron chi connectivity index (χ3n) is 4.21. The lowest BCUT2D eigenvalue weighted by Gasteiger charge is -2.08. The molecule has 7 nitrogen and oxygen atoms in total. The molecule has 8 heteroatoms. The molecule has 0 radical (unpaired) electrons. The van der Waals surface area contributed by atoms with Gasteiger partial charge in [-0.05, 0) is 41.8 Å². The predicted octanol–water partition coefficient (Wildman–Crippen LogP) is 1.84. The molecule has 26 heavy (non-hydrogen) atoms. The van der Waals surface area contributed by atoms with Crippen LogP contribution in [0, 0.1) is 0 Å². The van der Waals surface area contributed by atoms with E-state index in [4.69, 9.17) is 16.6 Å². The molecule has 1 atom stereocenters. The molecule has 1 heterocycles. The number of primary amides is 1. The van der Waals surface area contributed by atoms with Crippen LogP contribution in [0.5, 0.6) is 0 Å². The Labute approximate surface area is 151 Å². The Kier molecular flexibility index (Phi) is 3.71. The third kappa shape index (κ3) is 2.52. The minimum atomic E-state index is -1.63. The van der Waals surface area contributed by atoms with Crippen molar-refractivity contribution in [3.63, 3.8) is 0 Å². The van der Waals surface area contributed by atoms with Crippen molar-refractivity contribution in [2.75, 3.05) is 5.73 Å². The molecule has 0 aliphatic heterocycles. The second-order valence-corrected chi connectivity index (χ2v) is 6.93. The molecule has 3 aromatic carbocycles. The van der Waals surface area contributed by atoms with E-state index in [2.05, 4.69) is 5.10 Å². The number of nitrogens with two attached hydrogens (primary N) is 3. The van der Waals surface area contributed by atoms with Gasteiger partial charge in [0, 0.05) is 16.5 Å². The van der Waals surface area contributed by atoms with Crippen LogP contribution in [0.3, 0.4) is 0 Å². The van der Waals surface area contributed by atoms with Crippen molar-refractivity contribution in [2.45, 2.75) is 4.90 Å². The molecule has 0 bridgehead atoms. The van der Waals surface area contributed by atoms with Crippen LogP contribution in [0.4, 0.5) is 5.69 Å². The predicted molar refractivity (Wildman–Crippen MR) is 102 cm³/mol. The fraction of sp³-hybridized carbons (Fsp3) is 0. The van der Waals surface area contributed by atoms with Crippen molar-refractivity contribution in [2.24, 2.45) is 10.9 Å². The van der Waals surface area contributed by atoms with Crippen molar-refractivity contribution in [1.29, 1.82) is 0 Å². The first-order valence-electron chi connectivity index (χ1n) is 7.73. The topological polar surface area (TPSA) is 130 Å². The molecule has 0 aliphatic rings. The van der Waals surface area contributed by atoms with E-state index in [0.717, 1.165) is 10.8 Å². The highest BCUT2D eigenvalue weighted by atomic mass is 32.2. The van der Waals surface area contributed by atoms with Gasteiger partial charge in [0.05, 0.1) is 16.1 Å². The van der Waals surface area contributed by atoms with E-state index in [1.165, 1.54) is 0 Å². The van der Waals surface area contributed by atoms with Crippen LogP contribution in [-0.4, -0.2) is 19.9 Å². The van der Waals surface area contributed by atoms with Crippen LogP contribution in [0.1, 0.15) is 10.5 Å². The maximum atomic E-state index is 11.9. The smallest absolute Gasteiger partial charge is 0.269 e. The zero-order chi connectivity index (χ0) is 18.4.